The molecule has 11 heteroatoms. The SMILES string of the molecule is CCOC(=O)c1nn(-c2ccc(C(=O)NCCc3ccc4ccc(I)cc4c3)cc2C(=O)N2CCc3ccccc3C2)c(N)c1Cl. The van der Waals surface area contributed by atoms with Crippen LogP contribution in [-0.4, -0.2) is 52.2 Å². The number of anilines is 1. The Labute approximate surface area is 284 Å². The molecular weight excluding hydrogens is 717 g/mol. The van der Waals surface area contributed by atoms with Gasteiger partial charge in [-0.15, -0.1) is 0 Å². The molecular formula is C35H31ClIN5O4. The fourth-order valence-electron chi connectivity index (χ4n) is 5.64. The molecule has 0 atom stereocenters. The lowest BCUT2D eigenvalue weighted by atomic mass is 9.98. The van der Waals surface area contributed by atoms with Crippen molar-refractivity contribution in [2.24, 2.45) is 0 Å². The van der Waals surface area contributed by atoms with Crippen LogP contribution in [0.2, 0.25) is 5.02 Å². The minimum atomic E-state index is -0.726. The van der Waals surface area contributed by atoms with Gasteiger partial charge in [0.15, 0.2) is 5.69 Å². The van der Waals surface area contributed by atoms with E-state index in [1.54, 1.807) is 30.0 Å². The fourth-order valence-corrected chi connectivity index (χ4v) is 6.35. The first kappa shape index (κ1) is 31.6. The maximum Gasteiger partial charge on any atom is 0.360 e. The Bertz CT molecular complexity index is 1990. The zero-order chi connectivity index (χ0) is 32.4. The summed E-state index contributed by atoms with van der Waals surface area (Å²) in [6.07, 6.45) is 1.34. The van der Waals surface area contributed by atoms with Crippen LogP contribution in [0.25, 0.3) is 16.5 Å². The normalized spacial score (nSPS) is 12.5. The van der Waals surface area contributed by atoms with E-state index in [1.165, 1.54) is 10.2 Å². The number of nitrogens with zero attached hydrogens (tertiary/aromatic N) is 3. The lowest BCUT2D eigenvalue weighted by Crippen LogP contribution is -2.36. The van der Waals surface area contributed by atoms with Crippen LogP contribution < -0.4 is 11.1 Å². The molecule has 1 aliphatic heterocycles. The molecule has 46 heavy (non-hydrogen) atoms. The number of benzene rings is 4. The Kier molecular flexibility index (Phi) is 9.27. The van der Waals surface area contributed by atoms with Gasteiger partial charge in [-0.25, -0.2) is 9.48 Å². The van der Waals surface area contributed by atoms with Gasteiger partial charge in [0.1, 0.15) is 10.8 Å². The van der Waals surface area contributed by atoms with Crippen LogP contribution >= 0.6 is 34.2 Å². The number of nitrogens with two attached hydrogens (primary N) is 1. The molecule has 1 aliphatic rings. The summed E-state index contributed by atoms with van der Waals surface area (Å²) < 4.78 is 7.50. The van der Waals surface area contributed by atoms with E-state index in [1.807, 2.05) is 18.2 Å². The Balaban J connectivity index is 1.28. The third kappa shape index (κ3) is 6.45. The molecule has 0 fully saturated rings. The van der Waals surface area contributed by atoms with Gasteiger partial charge in [-0.2, -0.15) is 5.10 Å². The van der Waals surface area contributed by atoms with Gasteiger partial charge in [-0.3, -0.25) is 9.59 Å². The van der Waals surface area contributed by atoms with Gasteiger partial charge in [0, 0.05) is 28.8 Å². The summed E-state index contributed by atoms with van der Waals surface area (Å²) in [5.41, 5.74) is 10.3. The molecule has 2 heterocycles. The maximum atomic E-state index is 14.1. The number of aromatic nitrogens is 2. The Morgan fingerprint density at radius 1 is 1.00 bits per heavy atom. The fraction of sp³-hybridized carbons (Fsp3) is 0.200. The highest BCUT2D eigenvalue weighted by atomic mass is 127. The number of nitrogen functional groups attached to an aromatic ring is 1. The van der Waals surface area contributed by atoms with Crippen LogP contribution in [0, 0.1) is 3.57 Å². The van der Waals surface area contributed by atoms with Crippen molar-refractivity contribution in [3.05, 3.63) is 121 Å². The monoisotopic (exact) mass is 747 g/mol. The molecule has 4 aromatic carbocycles. The first-order chi connectivity index (χ1) is 22.2. The Morgan fingerprint density at radius 2 is 1.78 bits per heavy atom. The molecule has 0 aliphatic carbocycles. The molecule has 6 rings (SSSR count). The highest BCUT2D eigenvalue weighted by Gasteiger charge is 2.28. The zero-order valence-corrected chi connectivity index (χ0v) is 28.0. The standard InChI is InChI=1S/C35H31ClIN5O4/c1-2-46-35(45)31-30(36)32(38)42(40-31)29-12-10-24(19-28(29)34(44)41-16-14-22-5-3-4-6-25(22)20-41)33(43)39-15-13-21-7-8-23-9-11-27(37)18-26(23)17-21/h3-12,17-19H,2,13-16,20,38H2,1H3,(H,39,43). The highest BCUT2D eigenvalue weighted by Crippen LogP contribution is 2.30. The molecule has 1 aromatic heterocycles. The van der Waals surface area contributed by atoms with Gasteiger partial charge in [0.25, 0.3) is 11.8 Å². The average molecular weight is 748 g/mol. The van der Waals surface area contributed by atoms with Crippen molar-refractivity contribution < 1.29 is 19.1 Å². The molecule has 5 aromatic rings. The van der Waals surface area contributed by atoms with E-state index in [0.717, 1.165) is 25.5 Å². The maximum absolute atomic E-state index is 14.1. The predicted molar refractivity (Wildman–Crippen MR) is 187 cm³/mol. The van der Waals surface area contributed by atoms with E-state index in [-0.39, 0.29) is 40.5 Å². The summed E-state index contributed by atoms with van der Waals surface area (Å²) in [6, 6.07) is 25.3. The summed E-state index contributed by atoms with van der Waals surface area (Å²) in [5, 5.41) is 9.54. The van der Waals surface area contributed by atoms with Crippen LogP contribution in [0.1, 0.15) is 54.8 Å². The zero-order valence-electron chi connectivity index (χ0n) is 25.1. The molecule has 2 amide bonds. The number of esters is 1. The van der Waals surface area contributed by atoms with E-state index in [4.69, 9.17) is 22.1 Å². The third-order valence-electron chi connectivity index (χ3n) is 8.03. The van der Waals surface area contributed by atoms with Crippen LogP contribution in [-0.2, 0) is 24.1 Å². The van der Waals surface area contributed by atoms with Crippen molar-refractivity contribution in [2.45, 2.75) is 26.3 Å². The van der Waals surface area contributed by atoms with Gasteiger partial charge < -0.3 is 20.7 Å². The summed E-state index contributed by atoms with van der Waals surface area (Å²) in [5.74, 6) is -1.37. The largest absolute Gasteiger partial charge is 0.461 e. The van der Waals surface area contributed by atoms with Gasteiger partial charge in [0.05, 0.1) is 17.9 Å². The van der Waals surface area contributed by atoms with E-state index in [2.05, 4.69) is 75.5 Å². The molecule has 3 N–H and O–H groups in total. The van der Waals surface area contributed by atoms with E-state index >= 15 is 0 Å². The van der Waals surface area contributed by atoms with E-state index in [0.29, 0.717) is 43.7 Å². The van der Waals surface area contributed by atoms with E-state index in [9.17, 15) is 14.4 Å². The summed E-state index contributed by atoms with van der Waals surface area (Å²) >= 11 is 8.69. The lowest BCUT2D eigenvalue weighted by Gasteiger charge is -2.29. The van der Waals surface area contributed by atoms with Crippen LogP contribution in [0.15, 0.2) is 78.9 Å². The topological polar surface area (TPSA) is 120 Å². The van der Waals surface area contributed by atoms with Crippen molar-refractivity contribution >= 4 is 68.6 Å². The number of fused-ring (bicyclic) bond motifs is 2. The predicted octanol–water partition coefficient (Wildman–Crippen LogP) is 6.21. The second kappa shape index (κ2) is 13.5. The highest BCUT2D eigenvalue weighted by molar-refractivity contribution is 14.1. The van der Waals surface area contributed by atoms with Crippen molar-refractivity contribution in [1.82, 2.24) is 20.0 Å². The van der Waals surface area contributed by atoms with Crippen molar-refractivity contribution in [2.75, 3.05) is 25.4 Å². The smallest absolute Gasteiger partial charge is 0.360 e. The van der Waals surface area contributed by atoms with Crippen LogP contribution in [0.4, 0.5) is 5.82 Å². The molecule has 0 bridgehead atoms. The number of hydrogen-bond donors (Lipinski definition) is 2. The average Bonchev–Trinajstić information content (AvgIpc) is 3.37. The summed E-state index contributed by atoms with van der Waals surface area (Å²) in [4.78, 5) is 41.7. The molecule has 234 valence electrons. The van der Waals surface area contributed by atoms with Crippen molar-refractivity contribution in [3.8, 4) is 5.69 Å². The third-order valence-corrected chi connectivity index (χ3v) is 9.07. The van der Waals surface area contributed by atoms with Crippen LogP contribution in [0.5, 0.6) is 0 Å². The minimum absolute atomic E-state index is 0.0231. The number of carbonyl (C=O) groups excluding carboxylic acids is 3. The van der Waals surface area contributed by atoms with Gasteiger partial charge in [0.2, 0.25) is 0 Å². The molecule has 0 saturated carbocycles. The minimum Gasteiger partial charge on any atom is -0.461 e. The summed E-state index contributed by atoms with van der Waals surface area (Å²) in [7, 11) is 0. The number of rotatable bonds is 8. The lowest BCUT2D eigenvalue weighted by molar-refractivity contribution is 0.0518. The van der Waals surface area contributed by atoms with Crippen molar-refractivity contribution in [3.63, 3.8) is 0 Å². The molecule has 9 nitrogen and oxygen atoms in total. The second-order valence-corrected chi connectivity index (χ2v) is 12.6. The Morgan fingerprint density at radius 3 is 2.59 bits per heavy atom. The van der Waals surface area contributed by atoms with E-state index < -0.39 is 5.97 Å². The number of hydrogen-bond acceptors (Lipinski definition) is 6. The van der Waals surface area contributed by atoms with Gasteiger partial charge in [-0.05, 0) is 100 Å². The van der Waals surface area contributed by atoms with Crippen molar-refractivity contribution in [1.29, 1.82) is 0 Å². The Hall–Kier alpha value is -4.42. The van der Waals surface area contributed by atoms with Crippen LogP contribution in [0.3, 0.4) is 0 Å². The molecule has 0 radical (unpaired) electrons. The second-order valence-electron chi connectivity index (χ2n) is 11.0. The number of carbonyl (C=O) groups is 3. The number of nitrogens with one attached hydrogen (secondary N) is 1. The first-order valence-electron chi connectivity index (χ1n) is 14.9. The number of halogens is 2. The quantitative estimate of drug-likeness (QED) is 0.144. The molecule has 0 unspecified atom stereocenters. The number of ether oxygens (including phenoxy) is 1. The summed E-state index contributed by atoms with van der Waals surface area (Å²) in [6.45, 7) is 3.13. The van der Waals surface area contributed by atoms with Gasteiger partial charge in [-0.1, -0.05) is 60.1 Å². The first-order valence-corrected chi connectivity index (χ1v) is 16.4. The molecule has 0 spiro atoms. The number of amides is 2. The molecule has 0 saturated heterocycles. The van der Waals surface area contributed by atoms with Gasteiger partial charge >= 0.3 is 5.97 Å².